The van der Waals surface area contributed by atoms with Gasteiger partial charge in [0, 0.05) is 30.5 Å². The smallest absolute Gasteiger partial charge is 0.108 e. The van der Waals surface area contributed by atoms with E-state index in [4.69, 9.17) is 10.8 Å². The maximum atomic E-state index is 5.45. The van der Waals surface area contributed by atoms with Crippen molar-refractivity contribution >= 4 is 0 Å². The SMILES string of the molecule is C#CCC(C)NC1CCCc2occc21. The van der Waals surface area contributed by atoms with Crippen molar-refractivity contribution < 1.29 is 4.42 Å². The molecule has 0 amide bonds. The summed E-state index contributed by atoms with van der Waals surface area (Å²) in [5.41, 5.74) is 1.32. The van der Waals surface area contributed by atoms with Gasteiger partial charge in [0.1, 0.15) is 5.76 Å². The summed E-state index contributed by atoms with van der Waals surface area (Å²) >= 11 is 0. The molecule has 1 aromatic rings. The summed E-state index contributed by atoms with van der Waals surface area (Å²) in [5, 5.41) is 3.56. The second kappa shape index (κ2) is 4.55. The first kappa shape index (κ1) is 10.3. The van der Waals surface area contributed by atoms with Gasteiger partial charge in [0.2, 0.25) is 0 Å². The Morgan fingerprint density at radius 1 is 1.73 bits per heavy atom. The molecule has 0 saturated heterocycles. The van der Waals surface area contributed by atoms with Gasteiger partial charge in [0.15, 0.2) is 0 Å². The maximum absolute atomic E-state index is 5.45. The van der Waals surface area contributed by atoms with Crippen LogP contribution in [-0.2, 0) is 6.42 Å². The summed E-state index contributed by atoms with van der Waals surface area (Å²) in [7, 11) is 0. The molecule has 2 rings (SSSR count). The number of rotatable bonds is 3. The molecule has 2 unspecified atom stereocenters. The lowest BCUT2D eigenvalue weighted by Crippen LogP contribution is -2.32. The zero-order valence-corrected chi connectivity index (χ0v) is 9.12. The predicted octanol–water partition coefficient (Wildman–Crippen LogP) is 2.66. The Kier molecular flexibility index (Phi) is 3.13. The molecule has 2 nitrogen and oxygen atoms in total. The number of hydrogen-bond acceptors (Lipinski definition) is 2. The van der Waals surface area contributed by atoms with Gasteiger partial charge in [-0.1, -0.05) is 0 Å². The highest BCUT2D eigenvalue weighted by molar-refractivity contribution is 5.24. The largest absolute Gasteiger partial charge is 0.469 e. The van der Waals surface area contributed by atoms with E-state index in [2.05, 4.69) is 24.2 Å². The molecule has 0 aliphatic heterocycles. The highest BCUT2D eigenvalue weighted by atomic mass is 16.3. The molecule has 0 spiro atoms. The van der Waals surface area contributed by atoms with Crippen molar-refractivity contribution in [3.63, 3.8) is 0 Å². The van der Waals surface area contributed by atoms with E-state index in [0.717, 1.165) is 18.6 Å². The number of aryl methyl sites for hydroxylation is 1. The number of nitrogens with one attached hydrogen (secondary N) is 1. The van der Waals surface area contributed by atoms with Crippen molar-refractivity contribution in [2.75, 3.05) is 0 Å². The van der Waals surface area contributed by atoms with Crippen molar-refractivity contribution in [3.05, 3.63) is 23.7 Å². The van der Waals surface area contributed by atoms with E-state index < -0.39 is 0 Å². The molecule has 0 fully saturated rings. The fourth-order valence-corrected chi connectivity index (χ4v) is 2.24. The van der Waals surface area contributed by atoms with E-state index in [1.54, 1.807) is 6.26 Å². The molecule has 0 aromatic carbocycles. The van der Waals surface area contributed by atoms with Crippen LogP contribution in [0.4, 0.5) is 0 Å². The number of furan rings is 1. The number of fused-ring (bicyclic) bond motifs is 1. The van der Waals surface area contributed by atoms with Crippen LogP contribution in [0.2, 0.25) is 0 Å². The van der Waals surface area contributed by atoms with E-state index in [0.29, 0.717) is 12.1 Å². The third-order valence-electron chi connectivity index (χ3n) is 2.96. The monoisotopic (exact) mass is 203 g/mol. The zero-order chi connectivity index (χ0) is 10.7. The van der Waals surface area contributed by atoms with Gasteiger partial charge in [-0.15, -0.1) is 12.3 Å². The topological polar surface area (TPSA) is 25.2 Å². The summed E-state index contributed by atoms with van der Waals surface area (Å²) < 4.78 is 5.45. The lowest BCUT2D eigenvalue weighted by atomic mass is 9.93. The van der Waals surface area contributed by atoms with Gasteiger partial charge in [0.05, 0.1) is 6.26 Å². The molecular weight excluding hydrogens is 186 g/mol. The molecule has 2 atom stereocenters. The van der Waals surface area contributed by atoms with Crippen LogP contribution < -0.4 is 5.32 Å². The first-order valence-electron chi connectivity index (χ1n) is 5.57. The van der Waals surface area contributed by atoms with Gasteiger partial charge in [-0.2, -0.15) is 0 Å². The van der Waals surface area contributed by atoms with Crippen LogP contribution in [0.25, 0.3) is 0 Å². The standard InChI is InChI=1S/C13H17NO/c1-3-5-10(2)14-12-6-4-7-13-11(12)8-9-15-13/h1,8-10,12,14H,4-7H2,2H3. The van der Waals surface area contributed by atoms with Gasteiger partial charge in [-0.3, -0.25) is 0 Å². The van der Waals surface area contributed by atoms with Crippen LogP contribution in [0, 0.1) is 12.3 Å². The molecule has 1 N–H and O–H groups in total. The number of terminal acetylenes is 1. The van der Waals surface area contributed by atoms with Crippen molar-refractivity contribution in [3.8, 4) is 12.3 Å². The van der Waals surface area contributed by atoms with Gasteiger partial charge in [-0.05, 0) is 25.8 Å². The van der Waals surface area contributed by atoms with E-state index in [1.165, 1.54) is 18.4 Å². The summed E-state index contributed by atoms with van der Waals surface area (Å²) in [4.78, 5) is 0. The average molecular weight is 203 g/mol. The fraction of sp³-hybridized carbons (Fsp3) is 0.538. The molecule has 2 heteroatoms. The third-order valence-corrected chi connectivity index (χ3v) is 2.96. The Bertz CT molecular complexity index is 361. The summed E-state index contributed by atoms with van der Waals surface area (Å²) in [5.74, 6) is 3.83. The molecular formula is C13H17NO. The minimum Gasteiger partial charge on any atom is -0.469 e. The second-order valence-corrected chi connectivity index (χ2v) is 4.22. The van der Waals surface area contributed by atoms with Gasteiger partial charge in [0.25, 0.3) is 0 Å². The van der Waals surface area contributed by atoms with Gasteiger partial charge in [-0.25, -0.2) is 0 Å². The second-order valence-electron chi connectivity index (χ2n) is 4.22. The highest BCUT2D eigenvalue weighted by Crippen LogP contribution is 2.30. The molecule has 0 saturated carbocycles. The molecule has 15 heavy (non-hydrogen) atoms. The van der Waals surface area contributed by atoms with E-state index in [1.807, 2.05) is 0 Å². The van der Waals surface area contributed by atoms with Crippen LogP contribution >= 0.6 is 0 Å². The van der Waals surface area contributed by atoms with Crippen LogP contribution in [0.3, 0.4) is 0 Å². The Hall–Kier alpha value is -1.20. The highest BCUT2D eigenvalue weighted by Gasteiger charge is 2.23. The number of hydrogen-bond donors (Lipinski definition) is 1. The molecule has 1 heterocycles. The molecule has 0 bridgehead atoms. The molecule has 1 aromatic heterocycles. The van der Waals surface area contributed by atoms with Gasteiger partial charge < -0.3 is 9.73 Å². The summed E-state index contributed by atoms with van der Waals surface area (Å²) in [6.45, 7) is 2.13. The van der Waals surface area contributed by atoms with E-state index in [9.17, 15) is 0 Å². The zero-order valence-electron chi connectivity index (χ0n) is 9.12. The van der Waals surface area contributed by atoms with Crippen LogP contribution in [0.1, 0.15) is 43.6 Å². The Labute approximate surface area is 91.1 Å². The summed E-state index contributed by atoms with van der Waals surface area (Å²) in [6, 6.07) is 2.88. The van der Waals surface area contributed by atoms with Crippen molar-refractivity contribution in [2.24, 2.45) is 0 Å². The van der Waals surface area contributed by atoms with E-state index >= 15 is 0 Å². The maximum Gasteiger partial charge on any atom is 0.108 e. The van der Waals surface area contributed by atoms with Crippen molar-refractivity contribution in [1.29, 1.82) is 0 Å². The predicted molar refractivity (Wildman–Crippen MR) is 60.4 cm³/mol. The average Bonchev–Trinajstić information content (AvgIpc) is 2.67. The molecule has 0 radical (unpaired) electrons. The molecule has 80 valence electrons. The first-order valence-corrected chi connectivity index (χ1v) is 5.57. The van der Waals surface area contributed by atoms with Crippen LogP contribution in [-0.4, -0.2) is 6.04 Å². The lowest BCUT2D eigenvalue weighted by molar-refractivity contribution is 0.384. The quantitative estimate of drug-likeness (QED) is 0.764. The van der Waals surface area contributed by atoms with Crippen LogP contribution in [0.5, 0.6) is 0 Å². The molecule has 1 aliphatic carbocycles. The van der Waals surface area contributed by atoms with Crippen molar-refractivity contribution in [1.82, 2.24) is 5.32 Å². The summed E-state index contributed by atoms with van der Waals surface area (Å²) in [6.07, 6.45) is 11.3. The van der Waals surface area contributed by atoms with Crippen LogP contribution in [0.15, 0.2) is 16.7 Å². The Morgan fingerprint density at radius 3 is 3.40 bits per heavy atom. The van der Waals surface area contributed by atoms with E-state index in [-0.39, 0.29) is 0 Å². The minimum atomic E-state index is 0.376. The Balaban J connectivity index is 2.04. The normalized spacial score (nSPS) is 21.7. The van der Waals surface area contributed by atoms with Crippen molar-refractivity contribution in [2.45, 2.75) is 44.7 Å². The first-order chi connectivity index (χ1) is 7.31. The molecule has 1 aliphatic rings. The fourth-order valence-electron chi connectivity index (χ4n) is 2.24. The Morgan fingerprint density at radius 2 is 2.60 bits per heavy atom. The third kappa shape index (κ3) is 2.24. The van der Waals surface area contributed by atoms with Gasteiger partial charge >= 0.3 is 0 Å². The minimum absolute atomic E-state index is 0.376. The lowest BCUT2D eigenvalue weighted by Gasteiger charge is -2.25.